The van der Waals surface area contributed by atoms with E-state index in [-0.39, 0.29) is 0 Å². The molecule has 1 rings (SSSR count). The van der Waals surface area contributed by atoms with Gasteiger partial charge in [0.05, 0.1) is 0 Å². The van der Waals surface area contributed by atoms with Gasteiger partial charge in [-0.25, -0.2) is 0 Å². The minimum absolute atomic E-state index is 0.760. The Hall–Kier alpha value is -0.0800. The van der Waals surface area contributed by atoms with Gasteiger partial charge in [-0.15, -0.1) is 0 Å². The van der Waals surface area contributed by atoms with Crippen LogP contribution in [-0.4, -0.2) is 37.1 Å². The van der Waals surface area contributed by atoms with E-state index in [4.69, 9.17) is 0 Å². The summed E-state index contributed by atoms with van der Waals surface area (Å²) >= 11 is 0. The summed E-state index contributed by atoms with van der Waals surface area (Å²) in [4.78, 5) is 2.67. The molecule has 0 radical (unpaired) electrons. The van der Waals surface area contributed by atoms with Crippen molar-refractivity contribution in [3.05, 3.63) is 0 Å². The van der Waals surface area contributed by atoms with Crippen LogP contribution in [0.4, 0.5) is 0 Å². The summed E-state index contributed by atoms with van der Waals surface area (Å²) in [6.45, 7) is 14.2. The molecular weight excluding hydrogens is 196 g/mol. The molecule has 1 saturated heterocycles. The average Bonchev–Trinajstić information content (AvgIpc) is 2.72. The predicted molar refractivity (Wildman–Crippen MR) is 71.8 cm³/mol. The summed E-state index contributed by atoms with van der Waals surface area (Å²) in [6.07, 6.45) is 4.07. The third-order valence-corrected chi connectivity index (χ3v) is 3.81. The lowest BCUT2D eigenvalue weighted by molar-refractivity contribution is 0.235. The molecule has 2 nitrogen and oxygen atoms in total. The van der Waals surface area contributed by atoms with Crippen LogP contribution in [0.25, 0.3) is 0 Å². The largest absolute Gasteiger partial charge is 0.316 e. The summed E-state index contributed by atoms with van der Waals surface area (Å²) in [5.41, 5.74) is 0. The maximum absolute atomic E-state index is 3.54. The molecule has 0 bridgehead atoms. The molecule has 1 heterocycles. The zero-order chi connectivity index (χ0) is 12.0. The van der Waals surface area contributed by atoms with Crippen molar-refractivity contribution in [1.29, 1.82) is 0 Å². The first-order valence-electron chi connectivity index (χ1n) is 7.08. The molecule has 2 heteroatoms. The van der Waals surface area contributed by atoms with E-state index in [1.807, 2.05) is 0 Å². The Morgan fingerprint density at radius 3 is 2.62 bits per heavy atom. The highest BCUT2D eigenvalue weighted by Crippen LogP contribution is 2.21. The second kappa shape index (κ2) is 7.29. The first kappa shape index (κ1) is 14.0. The summed E-state index contributed by atoms with van der Waals surface area (Å²) < 4.78 is 0. The molecule has 0 spiro atoms. The smallest absolute Gasteiger partial charge is 0.00791 e. The molecule has 2 atom stereocenters. The standard InChI is InChI=1S/C14H30N2/c1-5-14-7-9-16(11-14)13(4)6-8-15-10-12(2)3/h12-15H,5-11H2,1-4H3. The average molecular weight is 226 g/mol. The Balaban J connectivity index is 2.08. The van der Waals surface area contributed by atoms with E-state index < -0.39 is 0 Å². The van der Waals surface area contributed by atoms with Crippen molar-refractivity contribution in [2.24, 2.45) is 11.8 Å². The third kappa shape index (κ3) is 4.84. The Morgan fingerprint density at radius 2 is 2.06 bits per heavy atom. The Kier molecular flexibility index (Phi) is 6.37. The molecule has 0 aromatic carbocycles. The second-order valence-corrected chi connectivity index (χ2v) is 5.79. The molecule has 0 saturated carbocycles. The Labute approximate surface area is 102 Å². The Morgan fingerprint density at radius 1 is 1.31 bits per heavy atom. The highest BCUT2D eigenvalue weighted by Gasteiger charge is 2.24. The zero-order valence-electron chi connectivity index (χ0n) is 11.6. The van der Waals surface area contributed by atoms with Crippen LogP contribution in [-0.2, 0) is 0 Å². The molecule has 2 unspecified atom stereocenters. The van der Waals surface area contributed by atoms with Gasteiger partial charge in [0.15, 0.2) is 0 Å². The molecule has 1 aliphatic rings. The summed E-state index contributed by atoms with van der Waals surface area (Å²) in [6, 6.07) is 0.760. The fourth-order valence-electron chi connectivity index (χ4n) is 2.48. The van der Waals surface area contributed by atoms with Crippen molar-refractivity contribution in [2.45, 2.75) is 53.0 Å². The first-order chi connectivity index (χ1) is 7.63. The van der Waals surface area contributed by atoms with E-state index in [2.05, 4.69) is 37.9 Å². The maximum atomic E-state index is 3.54. The highest BCUT2D eigenvalue weighted by atomic mass is 15.2. The molecular formula is C14H30N2. The summed E-state index contributed by atoms with van der Waals surface area (Å²) in [7, 11) is 0. The number of hydrogen-bond acceptors (Lipinski definition) is 2. The van der Waals surface area contributed by atoms with Crippen LogP contribution in [0.3, 0.4) is 0 Å². The summed E-state index contributed by atoms with van der Waals surface area (Å²) in [5, 5.41) is 3.54. The fraction of sp³-hybridized carbons (Fsp3) is 1.00. The van der Waals surface area contributed by atoms with Crippen LogP contribution in [0, 0.1) is 11.8 Å². The molecule has 1 fully saturated rings. The molecule has 0 aromatic rings. The van der Waals surface area contributed by atoms with Crippen LogP contribution >= 0.6 is 0 Å². The van der Waals surface area contributed by atoms with Crippen LogP contribution < -0.4 is 5.32 Å². The first-order valence-corrected chi connectivity index (χ1v) is 7.08. The van der Waals surface area contributed by atoms with Gasteiger partial charge in [0.2, 0.25) is 0 Å². The maximum Gasteiger partial charge on any atom is 0.00791 e. The van der Waals surface area contributed by atoms with Gasteiger partial charge < -0.3 is 10.2 Å². The lowest BCUT2D eigenvalue weighted by atomic mass is 10.1. The van der Waals surface area contributed by atoms with Gasteiger partial charge in [0.1, 0.15) is 0 Å². The topological polar surface area (TPSA) is 15.3 Å². The van der Waals surface area contributed by atoms with E-state index in [9.17, 15) is 0 Å². The van der Waals surface area contributed by atoms with Crippen molar-refractivity contribution in [1.82, 2.24) is 10.2 Å². The zero-order valence-corrected chi connectivity index (χ0v) is 11.6. The van der Waals surface area contributed by atoms with Crippen molar-refractivity contribution < 1.29 is 0 Å². The minimum atomic E-state index is 0.760. The molecule has 0 aliphatic carbocycles. The predicted octanol–water partition coefficient (Wildman–Crippen LogP) is 2.74. The van der Waals surface area contributed by atoms with Gasteiger partial charge in [0, 0.05) is 12.6 Å². The molecule has 0 amide bonds. The van der Waals surface area contributed by atoms with Crippen molar-refractivity contribution >= 4 is 0 Å². The number of likely N-dealkylation sites (tertiary alicyclic amines) is 1. The van der Waals surface area contributed by atoms with Crippen LogP contribution in [0.2, 0.25) is 0 Å². The molecule has 16 heavy (non-hydrogen) atoms. The SMILES string of the molecule is CCC1CCN(C(C)CCNCC(C)C)C1. The van der Waals surface area contributed by atoms with E-state index >= 15 is 0 Å². The molecule has 1 aliphatic heterocycles. The van der Waals surface area contributed by atoms with Crippen LogP contribution in [0.1, 0.15) is 47.0 Å². The molecule has 1 N–H and O–H groups in total. The van der Waals surface area contributed by atoms with E-state index in [0.717, 1.165) is 24.4 Å². The summed E-state index contributed by atoms with van der Waals surface area (Å²) in [5.74, 6) is 1.73. The van der Waals surface area contributed by atoms with E-state index in [0.29, 0.717) is 0 Å². The van der Waals surface area contributed by atoms with E-state index in [1.165, 1.54) is 38.9 Å². The second-order valence-electron chi connectivity index (χ2n) is 5.79. The van der Waals surface area contributed by atoms with Gasteiger partial charge in [-0.2, -0.15) is 0 Å². The van der Waals surface area contributed by atoms with Crippen LogP contribution in [0.15, 0.2) is 0 Å². The van der Waals surface area contributed by atoms with Gasteiger partial charge >= 0.3 is 0 Å². The number of rotatable bonds is 7. The number of hydrogen-bond donors (Lipinski definition) is 1. The van der Waals surface area contributed by atoms with Gasteiger partial charge in [-0.1, -0.05) is 27.2 Å². The lowest BCUT2D eigenvalue weighted by Crippen LogP contribution is -2.34. The number of nitrogens with zero attached hydrogens (tertiary/aromatic N) is 1. The number of nitrogens with one attached hydrogen (secondary N) is 1. The van der Waals surface area contributed by atoms with E-state index in [1.54, 1.807) is 0 Å². The normalized spacial score (nSPS) is 24.2. The minimum Gasteiger partial charge on any atom is -0.316 e. The van der Waals surface area contributed by atoms with Crippen molar-refractivity contribution in [3.8, 4) is 0 Å². The van der Waals surface area contributed by atoms with Gasteiger partial charge in [0.25, 0.3) is 0 Å². The van der Waals surface area contributed by atoms with Gasteiger partial charge in [-0.05, 0) is 51.2 Å². The Bertz CT molecular complexity index is 180. The molecule has 96 valence electrons. The third-order valence-electron chi connectivity index (χ3n) is 3.81. The lowest BCUT2D eigenvalue weighted by Gasteiger charge is -2.24. The fourth-order valence-corrected chi connectivity index (χ4v) is 2.48. The molecule has 0 aromatic heterocycles. The quantitative estimate of drug-likeness (QED) is 0.672. The van der Waals surface area contributed by atoms with Crippen LogP contribution in [0.5, 0.6) is 0 Å². The van der Waals surface area contributed by atoms with Gasteiger partial charge in [-0.3, -0.25) is 0 Å². The highest BCUT2D eigenvalue weighted by molar-refractivity contribution is 4.79. The monoisotopic (exact) mass is 226 g/mol. The van der Waals surface area contributed by atoms with Crippen molar-refractivity contribution in [3.63, 3.8) is 0 Å². The van der Waals surface area contributed by atoms with Crippen molar-refractivity contribution in [2.75, 3.05) is 26.2 Å².